The van der Waals surface area contributed by atoms with E-state index >= 15 is 0 Å². The number of carbonyl (C=O) groups is 1. The molecule has 1 amide bonds. The molecule has 0 spiro atoms. The molecule has 1 aromatic rings. The van der Waals surface area contributed by atoms with Gasteiger partial charge in [-0.1, -0.05) is 11.6 Å². The molecular formula is C10H11ClF3N3OS. The Balaban J connectivity index is 2.48. The number of halogens is 4. The highest BCUT2D eigenvalue weighted by molar-refractivity contribution is 8.00. The van der Waals surface area contributed by atoms with Crippen molar-refractivity contribution in [3.05, 3.63) is 22.8 Å². The molecule has 0 aliphatic rings. The van der Waals surface area contributed by atoms with Crippen molar-refractivity contribution < 1.29 is 18.0 Å². The van der Waals surface area contributed by atoms with Crippen molar-refractivity contribution in [2.24, 2.45) is 0 Å². The molecule has 0 aliphatic heterocycles. The van der Waals surface area contributed by atoms with Crippen LogP contribution in [0.25, 0.3) is 0 Å². The summed E-state index contributed by atoms with van der Waals surface area (Å²) in [7, 11) is 1.63. The summed E-state index contributed by atoms with van der Waals surface area (Å²) in [5.41, 5.74) is -4.09. The first-order chi connectivity index (χ1) is 8.83. The van der Waals surface area contributed by atoms with E-state index in [1.165, 1.54) is 12.3 Å². The maximum absolute atomic E-state index is 11.9. The third-order valence-electron chi connectivity index (χ3n) is 1.99. The molecule has 1 rings (SSSR count). The van der Waals surface area contributed by atoms with Crippen molar-refractivity contribution in [3.8, 4) is 0 Å². The van der Waals surface area contributed by atoms with Crippen LogP contribution in [0.1, 0.15) is 10.4 Å². The molecular weight excluding hydrogens is 303 g/mol. The van der Waals surface area contributed by atoms with Gasteiger partial charge in [-0.15, -0.1) is 0 Å². The Hall–Kier alpha value is -1.15. The van der Waals surface area contributed by atoms with Gasteiger partial charge in [-0.2, -0.15) is 13.2 Å². The van der Waals surface area contributed by atoms with Crippen molar-refractivity contribution in [3.63, 3.8) is 0 Å². The fourth-order valence-electron chi connectivity index (χ4n) is 1.18. The lowest BCUT2D eigenvalue weighted by molar-refractivity contribution is -0.0327. The Morgan fingerprint density at radius 2 is 2.21 bits per heavy atom. The van der Waals surface area contributed by atoms with Crippen LogP contribution >= 0.6 is 23.4 Å². The number of rotatable bonds is 5. The van der Waals surface area contributed by atoms with Crippen molar-refractivity contribution in [1.29, 1.82) is 0 Å². The minimum Gasteiger partial charge on any atom is -0.372 e. The number of thioether (sulfide) groups is 1. The molecule has 4 nitrogen and oxygen atoms in total. The number of aromatic nitrogens is 1. The van der Waals surface area contributed by atoms with Gasteiger partial charge in [-0.05, 0) is 17.8 Å². The number of anilines is 1. The maximum atomic E-state index is 11.9. The predicted octanol–water partition coefficient (Wildman–Crippen LogP) is 2.76. The lowest BCUT2D eigenvalue weighted by Crippen LogP contribution is -2.26. The molecule has 106 valence electrons. The van der Waals surface area contributed by atoms with Gasteiger partial charge in [0.2, 0.25) is 0 Å². The minimum atomic E-state index is -4.29. The molecule has 1 heterocycles. The summed E-state index contributed by atoms with van der Waals surface area (Å²) in [6.45, 7) is -0.0889. The maximum Gasteiger partial charge on any atom is 0.441 e. The first kappa shape index (κ1) is 15.9. The van der Waals surface area contributed by atoms with E-state index in [0.29, 0.717) is 5.82 Å². The summed E-state index contributed by atoms with van der Waals surface area (Å²) in [4.78, 5) is 15.5. The van der Waals surface area contributed by atoms with E-state index in [-0.39, 0.29) is 34.6 Å². The van der Waals surface area contributed by atoms with Gasteiger partial charge in [0.15, 0.2) is 0 Å². The van der Waals surface area contributed by atoms with E-state index in [1.807, 2.05) is 0 Å². The monoisotopic (exact) mass is 313 g/mol. The van der Waals surface area contributed by atoms with Gasteiger partial charge in [0.1, 0.15) is 5.82 Å². The van der Waals surface area contributed by atoms with Crippen LogP contribution in [0.4, 0.5) is 19.0 Å². The zero-order chi connectivity index (χ0) is 14.5. The number of carbonyl (C=O) groups excluding carboxylic acids is 1. The molecule has 9 heteroatoms. The van der Waals surface area contributed by atoms with Crippen LogP contribution in [0.5, 0.6) is 0 Å². The summed E-state index contributed by atoms with van der Waals surface area (Å²) in [6, 6.07) is 1.40. The molecule has 2 N–H and O–H groups in total. The fraction of sp³-hybridized carbons (Fsp3) is 0.400. The number of alkyl halides is 3. The Kier molecular flexibility index (Phi) is 5.74. The van der Waals surface area contributed by atoms with Crippen molar-refractivity contribution in [2.75, 3.05) is 24.7 Å². The topological polar surface area (TPSA) is 54.0 Å². The molecule has 0 aromatic carbocycles. The molecule has 19 heavy (non-hydrogen) atoms. The second kappa shape index (κ2) is 6.85. The summed E-state index contributed by atoms with van der Waals surface area (Å²) in [5, 5.41) is 5.35. The van der Waals surface area contributed by atoms with E-state index in [4.69, 9.17) is 11.6 Å². The van der Waals surface area contributed by atoms with Gasteiger partial charge >= 0.3 is 5.51 Å². The largest absolute Gasteiger partial charge is 0.441 e. The third-order valence-corrected chi connectivity index (χ3v) is 3.02. The number of hydrogen-bond acceptors (Lipinski definition) is 4. The number of hydrogen-bond donors (Lipinski definition) is 2. The van der Waals surface area contributed by atoms with Crippen molar-refractivity contribution in [2.45, 2.75) is 5.51 Å². The van der Waals surface area contributed by atoms with Gasteiger partial charge in [-0.3, -0.25) is 4.79 Å². The normalized spacial score (nSPS) is 11.2. The average Bonchev–Trinajstić information content (AvgIpc) is 2.33. The quantitative estimate of drug-likeness (QED) is 0.821. The van der Waals surface area contributed by atoms with Crippen molar-refractivity contribution >= 4 is 35.1 Å². The second-order valence-electron chi connectivity index (χ2n) is 3.35. The van der Waals surface area contributed by atoms with Crippen LogP contribution in [0, 0.1) is 0 Å². The lowest BCUT2D eigenvalue weighted by atomic mass is 10.2. The number of pyridine rings is 1. The van der Waals surface area contributed by atoms with Gasteiger partial charge in [-0.25, -0.2) is 4.98 Å². The smallest absolute Gasteiger partial charge is 0.372 e. The SMILES string of the molecule is CNc1ncc(C(=O)NCCSC(F)(F)F)cc1Cl. The first-order valence-corrected chi connectivity index (χ1v) is 6.52. The molecule has 0 saturated carbocycles. The van der Waals surface area contributed by atoms with Crippen LogP contribution < -0.4 is 10.6 Å². The fourth-order valence-corrected chi connectivity index (χ4v) is 1.88. The van der Waals surface area contributed by atoms with E-state index in [0.717, 1.165) is 0 Å². The Labute approximate surface area is 117 Å². The highest BCUT2D eigenvalue weighted by atomic mass is 35.5. The van der Waals surface area contributed by atoms with Gasteiger partial charge in [0.05, 0.1) is 10.6 Å². The number of nitrogens with zero attached hydrogens (tertiary/aromatic N) is 1. The highest BCUT2D eigenvalue weighted by Crippen LogP contribution is 2.29. The Morgan fingerprint density at radius 1 is 1.53 bits per heavy atom. The standard InChI is InChI=1S/C10H11ClF3N3OS/c1-15-8-7(11)4-6(5-17-8)9(18)16-2-3-19-10(12,13)14/h4-5H,2-3H2,1H3,(H,15,17)(H,16,18). The number of nitrogens with one attached hydrogen (secondary N) is 2. The van der Waals surface area contributed by atoms with Gasteiger partial charge in [0.25, 0.3) is 5.91 Å². The molecule has 0 atom stereocenters. The van der Waals surface area contributed by atoms with Gasteiger partial charge < -0.3 is 10.6 Å². The molecule has 0 saturated heterocycles. The zero-order valence-corrected chi connectivity index (χ0v) is 11.4. The lowest BCUT2D eigenvalue weighted by Gasteiger charge is -2.08. The number of amides is 1. The summed E-state index contributed by atoms with van der Waals surface area (Å²) in [5.74, 6) is -0.337. The Morgan fingerprint density at radius 3 is 2.74 bits per heavy atom. The predicted molar refractivity (Wildman–Crippen MR) is 69.6 cm³/mol. The zero-order valence-electron chi connectivity index (χ0n) is 9.84. The van der Waals surface area contributed by atoms with E-state index < -0.39 is 11.4 Å². The molecule has 1 aromatic heterocycles. The minimum absolute atomic E-state index is 0.0889. The highest BCUT2D eigenvalue weighted by Gasteiger charge is 2.27. The second-order valence-corrected chi connectivity index (χ2v) is 4.92. The molecule has 0 radical (unpaired) electrons. The molecule has 0 aliphatic carbocycles. The summed E-state index contributed by atoms with van der Waals surface area (Å²) >= 11 is 5.65. The van der Waals surface area contributed by atoms with E-state index in [2.05, 4.69) is 15.6 Å². The molecule has 0 unspecified atom stereocenters. The molecule has 0 fully saturated rings. The van der Waals surface area contributed by atoms with E-state index in [1.54, 1.807) is 7.05 Å². The van der Waals surface area contributed by atoms with E-state index in [9.17, 15) is 18.0 Å². The van der Waals surface area contributed by atoms with Crippen LogP contribution in [0.2, 0.25) is 5.02 Å². The van der Waals surface area contributed by atoms with Crippen molar-refractivity contribution in [1.82, 2.24) is 10.3 Å². The third kappa shape index (κ3) is 5.56. The summed E-state index contributed by atoms with van der Waals surface area (Å²) in [6.07, 6.45) is 1.30. The molecule has 0 bridgehead atoms. The average molecular weight is 314 g/mol. The Bertz CT molecular complexity index is 456. The van der Waals surface area contributed by atoms with Gasteiger partial charge in [0, 0.05) is 25.5 Å². The summed E-state index contributed by atoms with van der Waals surface area (Å²) < 4.78 is 35.6. The van der Waals surface area contributed by atoms with Crippen LogP contribution in [0.3, 0.4) is 0 Å². The van der Waals surface area contributed by atoms with Crippen LogP contribution in [0.15, 0.2) is 12.3 Å². The van der Waals surface area contributed by atoms with Crippen LogP contribution in [-0.4, -0.2) is 35.7 Å². The van der Waals surface area contributed by atoms with Crippen LogP contribution in [-0.2, 0) is 0 Å². The first-order valence-electron chi connectivity index (χ1n) is 5.15.